The molecule has 0 atom stereocenters. The zero-order valence-electron chi connectivity index (χ0n) is 15.2. The molecule has 5 aromatic rings. The van der Waals surface area contributed by atoms with Crippen LogP contribution in [0.2, 0.25) is 0 Å². The number of para-hydroxylation sites is 3. The number of halogens is 1. The molecule has 0 aliphatic heterocycles. The number of nitrogens with zero attached hydrogens (tertiary/aromatic N) is 2. The van der Waals surface area contributed by atoms with Crippen LogP contribution < -0.4 is 14.8 Å². The maximum Gasteiger partial charge on any atom is 0.274 e. The summed E-state index contributed by atoms with van der Waals surface area (Å²) in [6, 6.07) is 21.4. The summed E-state index contributed by atoms with van der Waals surface area (Å²) in [5.74, 6) is 0.336. The first-order chi connectivity index (χ1) is 14.2. The SMILES string of the molecule is O=c1/c(=C/c2ccccc2OCc2cccc(F)c2)sc2nc3ccccc3n12. The van der Waals surface area contributed by atoms with Crippen LogP contribution in [0.25, 0.3) is 22.1 Å². The van der Waals surface area contributed by atoms with Gasteiger partial charge in [-0.3, -0.25) is 4.79 Å². The molecule has 0 N–H and O–H groups in total. The minimum atomic E-state index is -0.295. The third-order valence-electron chi connectivity index (χ3n) is 4.63. The van der Waals surface area contributed by atoms with Crippen LogP contribution in [-0.4, -0.2) is 9.38 Å². The molecule has 0 spiro atoms. The zero-order valence-corrected chi connectivity index (χ0v) is 16.0. The van der Waals surface area contributed by atoms with E-state index in [1.807, 2.05) is 60.7 Å². The highest BCUT2D eigenvalue weighted by Gasteiger charge is 2.11. The average molecular weight is 402 g/mol. The second-order valence-electron chi connectivity index (χ2n) is 6.59. The Morgan fingerprint density at radius 3 is 2.76 bits per heavy atom. The lowest BCUT2D eigenvalue weighted by Crippen LogP contribution is -2.22. The first-order valence-corrected chi connectivity index (χ1v) is 9.89. The number of fused-ring (bicyclic) bond motifs is 3. The maximum absolute atomic E-state index is 13.4. The summed E-state index contributed by atoms with van der Waals surface area (Å²) in [6.45, 7) is 0.241. The lowest BCUT2D eigenvalue weighted by atomic mass is 10.2. The third-order valence-corrected chi connectivity index (χ3v) is 5.60. The quantitative estimate of drug-likeness (QED) is 0.453. The minimum Gasteiger partial charge on any atom is -0.488 e. The van der Waals surface area contributed by atoms with Crippen molar-refractivity contribution >= 4 is 33.4 Å². The van der Waals surface area contributed by atoms with Crippen molar-refractivity contribution in [1.29, 1.82) is 0 Å². The van der Waals surface area contributed by atoms with Crippen molar-refractivity contribution in [3.05, 3.63) is 105 Å². The Morgan fingerprint density at radius 2 is 1.86 bits per heavy atom. The lowest BCUT2D eigenvalue weighted by molar-refractivity contribution is 0.305. The molecule has 2 heterocycles. The van der Waals surface area contributed by atoms with Crippen LogP contribution in [0.3, 0.4) is 0 Å². The van der Waals surface area contributed by atoms with Gasteiger partial charge in [0.15, 0.2) is 4.96 Å². The molecule has 4 nitrogen and oxygen atoms in total. The fourth-order valence-corrected chi connectivity index (χ4v) is 4.25. The van der Waals surface area contributed by atoms with E-state index in [2.05, 4.69) is 4.98 Å². The van der Waals surface area contributed by atoms with Crippen LogP contribution in [0.15, 0.2) is 77.6 Å². The molecule has 0 bridgehead atoms. The summed E-state index contributed by atoms with van der Waals surface area (Å²) in [5, 5.41) is 0. The highest BCUT2D eigenvalue weighted by molar-refractivity contribution is 7.15. The Bertz CT molecular complexity index is 1460. The highest BCUT2D eigenvalue weighted by atomic mass is 32.1. The Morgan fingerprint density at radius 1 is 1.03 bits per heavy atom. The van der Waals surface area contributed by atoms with E-state index in [9.17, 15) is 9.18 Å². The molecule has 0 saturated heterocycles. The van der Waals surface area contributed by atoms with Gasteiger partial charge in [-0.25, -0.2) is 13.8 Å². The minimum absolute atomic E-state index is 0.0985. The summed E-state index contributed by atoms with van der Waals surface area (Å²) in [4.78, 5) is 18.2. The van der Waals surface area contributed by atoms with Crippen molar-refractivity contribution in [2.24, 2.45) is 0 Å². The molecule has 0 amide bonds. The molecule has 0 radical (unpaired) electrons. The number of benzene rings is 3. The number of hydrogen-bond donors (Lipinski definition) is 0. The molecule has 5 rings (SSSR count). The Labute approximate surface area is 169 Å². The van der Waals surface area contributed by atoms with Gasteiger partial charge in [0, 0.05) is 5.56 Å². The van der Waals surface area contributed by atoms with Crippen LogP contribution in [-0.2, 0) is 6.61 Å². The molecule has 3 aromatic carbocycles. The summed E-state index contributed by atoms with van der Waals surface area (Å²) >= 11 is 1.35. The molecule has 2 aromatic heterocycles. The van der Waals surface area contributed by atoms with Crippen molar-refractivity contribution in [3.63, 3.8) is 0 Å². The van der Waals surface area contributed by atoms with E-state index >= 15 is 0 Å². The Kier molecular flexibility index (Phi) is 4.33. The number of imidazole rings is 1. The number of rotatable bonds is 4. The molecule has 6 heteroatoms. The van der Waals surface area contributed by atoms with Gasteiger partial charge in [-0.15, -0.1) is 0 Å². The van der Waals surface area contributed by atoms with Gasteiger partial charge in [0.1, 0.15) is 18.2 Å². The molecular weight excluding hydrogens is 387 g/mol. The van der Waals surface area contributed by atoms with Crippen LogP contribution in [0.5, 0.6) is 5.75 Å². The van der Waals surface area contributed by atoms with E-state index in [4.69, 9.17) is 4.74 Å². The Hall–Kier alpha value is -3.51. The van der Waals surface area contributed by atoms with Gasteiger partial charge in [-0.05, 0) is 42.0 Å². The predicted molar refractivity (Wildman–Crippen MR) is 113 cm³/mol. The second-order valence-corrected chi connectivity index (χ2v) is 7.60. The molecule has 0 aliphatic carbocycles. The second kappa shape index (κ2) is 7.14. The first-order valence-electron chi connectivity index (χ1n) is 9.07. The van der Waals surface area contributed by atoms with E-state index in [-0.39, 0.29) is 18.0 Å². The number of aromatic nitrogens is 2. The molecular formula is C23H15FN2O2S. The van der Waals surface area contributed by atoms with Crippen molar-refractivity contribution in [1.82, 2.24) is 9.38 Å². The summed E-state index contributed by atoms with van der Waals surface area (Å²) in [5.41, 5.74) is 3.04. The van der Waals surface area contributed by atoms with Crippen molar-refractivity contribution < 1.29 is 9.13 Å². The smallest absolute Gasteiger partial charge is 0.274 e. The zero-order chi connectivity index (χ0) is 19.8. The van der Waals surface area contributed by atoms with E-state index < -0.39 is 0 Å². The van der Waals surface area contributed by atoms with Gasteiger partial charge >= 0.3 is 0 Å². The number of thiazole rings is 1. The van der Waals surface area contributed by atoms with E-state index in [0.717, 1.165) is 22.2 Å². The fraction of sp³-hybridized carbons (Fsp3) is 0.0435. The van der Waals surface area contributed by atoms with Crippen LogP contribution >= 0.6 is 11.3 Å². The molecule has 29 heavy (non-hydrogen) atoms. The monoisotopic (exact) mass is 402 g/mol. The van der Waals surface area contributed by atoms with Gasteiger partial charge in [-0.1, -0.05) is 53.8 Å². The first kappa shape index (κ1) is 17.6. The number of ether oxygens (including phenoxy) is 1. The van der Waals surface area contributed by atoms with Gasteiger partial charge in [0.05, 0.1) is 15.6 Å². The highest BCUT2D eigenvalue weighted by Crippen LogP contribution is 2.21. The van der Waals surface area contributed by atoms with Gasteiger partial charge in [0.25, 0.3) is 5.56 Å². The molecule has 0 fully saturated rings. The number of hydrogen-bond acceptors (Lipinski definition) is 4. The largest absolute Gasteiger partial charge is 0.488 e. The van der Waals surface area contributed by atoms with Crippen molar-refractivity contribution in [3.8, 4) is 5.75 Å². The van der Waals surface area contributed by atoms with Crippen molar-refractivity contribution in [2.75, 3.05) is 0 Å². The fourth-order valence-electron chi connectivity index (χ4n) is 3.27. The summed E-state index contributed by atoms with van der Waals surface area (Å²) < 4.78 is 21.5. The normalized spacial score (nSPS) is 12.1. The molecule has 0 unspecified atom stereocenters. The maximum atomic E-state index is 13.4. The van der Waals surface area contributed by atoms with Gasteiger partial charge in [0.2, 0.25) is 0 Å². The topological polar surface area (TPSA) is 43.6 Å². The van der Waals surface area contributed by atoms with Crippen LogP contribution in [0.1, 0.15) is 11.1 Å². The Balaban J connectivity index is 1.54. The third kappa shape index (κ3) is 3.28. The average Bonchev–Trinajstić information content (AvgIpc) is 3.24. The van der Waals surface area contributed by atoms with Gasteiger partial charge < -0.3 is 4.74 Å². The molecule has 0 aliphatic rings. The summed E-state index contributed by atoms with van der Waals surface area (Å²) in [6.07, 6.45) is 1.82. The standard InChI is InChI=1S/C23H15FN2O2S/c24-17-8-5-6-15(12-17)14-28-20-11-4-1-7-16(20)13-21-22(27)26-19-10-3-2-9-18(19)25-23(26)29-21/h1-13H,14H2/b21-13-. The van der Waals surface area contributed by atoms with E-state index in [1.54, 1.807) is 10.5 Å². The van der Waals surface area contributed by atoms with Crippen LogP contribution in [0.4, 0.5) is 4.39 Å². The van der Waals surface area contributed by atoms with E-state index in [0.29, 0.717) is 15.2 Å². The van der Waals surface area contributed by atoms with Crippen LogP contribution in [0, 0.1) is 5.82 Å². The predicted octanol–water partition coefficient (Wildman–Crippen LogP) is 4.18. The molecule has 142 valence electrons. The molecule has 0 saturated carbocycles. The lowest BCUT2D eigenvalue weighted by Gasteiger charge is -2.09. The van der Waals surface area contributed by atoms with Crippen molar-refractivity contribution in [2.45, 2.75) is 6.61 Å². The van der Waals surface area contributed by atoms with E-state index in [1.165, 1.54) is 23.5 Å². The van der Waals surface area contributed by atoms with Gasteiger partial charge in [-0.2, -0.15) is 0 Å². The summed E-state index contributed by atoms with van der Waals surface area (Å²) in [7, 11) is 0.